The standard InChI is InChI=1S/C19H23N5O4.CH5N/c1-5-7-23(18(26)15-8-11(3)22-24(15)6-2)16-13(19(27)28)9-12(17(20)25)10-14(16)21-4;1-2/h8-10H,4-7H2,1-3H3,(H2,20,25)(H,27,28);2H2,1H3. The first-order valence-electron chi connectivity index (χ1n) is 9.36. The van der Waals surface area contributed by atoms with Gasteiger partial charge in [-0.3, -0.25) is 19.3 Å². The molecule has 0 saturated carbocycles. The molecule has 5 N–H and O–H groups in total. The molecule has 0 unspecified atom stereocenters. The predicted octanol–water partition coefficient (Wildman–Crippen LogP) is 1.97. The highest BCUT2D eigenvalue weighted by Crippen LogP contribution is 2.35. The summed E-state index contributed by atoms with van der Waals surface area (Å²) in [5.74, 6) is -2.52. The lowest BCUT2D eigenvalue weighted by molar-refractivity contribution is 0.0697. The van der Waals surface area contributed by atoms with E-state index in [9.17, 15) is 19.5 Å². The summed E-state index contributed by atoms with van der Waals surface area (Å²) < 4.78 is 1.56. The van der Waals surface area contributed by atoms with Crippen molar-refractivity contribution in [2.45, 2.75) is 33.7 Å². The number of hydrogen-bond acceptors (Lipinski definition) is 6. The van der Waals surface area contributed by atoms with Crippen LogP contribution in [-0.4, -0.2) is 53.0 Å². The molecule has 30 heavy (non-hydrogen) atoms. The van der Waals surface area contributed by atoms with Crippen LogP contribution in [0.4, 0.5) is 11.4 Å². The van der Waals surface area contributed by atoms with Gasteiger partial charge in [-0.2, -0.15) is 5.10 Å². The van der Waals surface area contributed by atoms with Crippen molar-refractivity contribution in [1.29, 1.82) is 0 Å². The van der Waals surface area contributed by atoms with E-state index in [0.29, 0.717) is 24.4 Å². The molecule has 1 heterocycles. The summed E-state index contributed by atoms with van der Waals surface area (Å²) >= 11 is 0. The summed E-state index contributed by atoms with van der Waals surface area (Å²) in [4.78, 5) is 41.9. The van der Waals surface area contributed by atoms with Crippen molar-refractivity contribution in [3.05, 3.63) is 40.7 Å². The molecule has 162 valence electrons. The minimum absolute atomic E-state index is 0.0260. The van der Waals surface area contributed by atoms with E-state index in [0.717, 1.165) is 6.07 Å². The van der Waals surface area contributed by atoms with E-state index in [4.69, 9.17) is 5.73 Å². The Bertz CT molecular complexity index is 951. The van der Waals surface area contributed by atoms with Gasteiger partial charge in [0.15, 0.2) is 0 Å². The van der Waals surface area contributed by atoms with Crippen LogP contribution in [0.5, 0.6) is 0 Å². The summed E-state index contributed by atoms with van der Waals surface area (Å²) in [5, 5.41) is 14.0. The number of benzene rings is 1. The first kappa shape index (κ1) is 24.5. The minimum Gasteiger partial charge on any atom is -0.478 e. The average molecular weight is 416 g/mol. The van der Waals surface area contributed by atoms with Gasteiger partial charge < -0.3 is 21.5 Å². The second-order valence-electron chi connectivity index (χ2n) is 6.16. The van der Waals surface area contributed by atoms with Crippen molar-refractivity contribution in [1.82, 2.24) is 9.78 Å². The molecule has 1 aromatic carbocycles. The Morgan fingerprint density at radius 2 is 1.87 bits per heavy atom. The van der Waals surface area contributed by atoms with Crippen LogP contribution in [-0.2, 0) is 6.54 Å². The number of nitrogens with two attached hydrogens (primary N) is 2. The highest BCUT2D eigenvalue weighted by Gasteiger charge is 2.28. The number of carbonyl (C=O) groups is 3. The molecule has 0 atom stereocenters. The Hall–Kier alpha value is -3.53. The summed E-state index contributed by atoms with van der Waals surface area (Å²) in [6.07, 6.45) is 0.568. The van der Waals surface area contributed by atoms with E-state index >= 15 is 0 Å². The Kier molecular flexibility index (Phi) is 8.87. The Labute approximate surface area is 175 Å². The highest BCUT2D eigenvalue weighted by atomic mass is 16.4. The van der Waals surface area contributed by atoms with Crippen LogP contribution in [0.25, 0.3) is 0 Å². The van der Waals surface area contributed by atoms with Crippen LogP contribution in [0.15, 0.2) is 23.2 Å². The van der Waals surface area contributed by atoms with Gasteiger partial charge in [0.2, 0.25) is 5.91 Å². The van der Waals surface area contributed by atoms with Crippen molar-refractivity contribution in [3.8, 4) is 0 Å². The molecule has 0 aliphatic heterocycles. The number of amides is 2. The molecule has 10 heteroatoms. The molecule has 0 fully saturated rings. The molecular weight excluding hydrogens is 388 g/mol. The fraction of sp³-hybridized carbons (Fsp3) is 0.350. The number of aryl methyl sites for hydroxylation is 2. The number of carbonyl (C=O) groups excluding carboxylic acids is 2. The third-order valence-corrected chi connectivity index (χ3v) is 4.16. The zero-order valence-corrected chi connectivity index (χ0v) is 17.7. The fourth-order valence-electron chi connectivity index (χ4n) is 2.96. The van der Waals surface area contributed by atoms with Crippen LogP contribution in [0.2, 0.25) is 0 Å². The largest absolute Gasteiger partial charge is 0.478 e. The third kappa shape index (κ3) is 5.09. The van der Waals surface area contributed by atoms with Crippen molar-refractivity contribution in [3.63, 3.8) is 0 Å². The second kappa shape index (κ2) is 10.9. The van der Waals surface area contributed by atoms with Crippen LogP contribution in [0.1, 0.15) is 57.2 Å². The van der Waals surface area contributed by atoms with Crippen LogP contribution < -0.4 is 16.4 Å². The number of aromatic nitrogens is 2. The molecule has 2 aromatic rings. The summed E-state index contributed by atoms with van der Waals surface area (Å²) in [5.41, 5.74) is 10.7. The number of carboxylic acids is 1. The summed E-state index contributed by atoms with van der Waals surface area (Å²) in [7, 11) is 1.50. The van der Waals surface area contributed by atoms with Gasteiger partial charge in [-0.05, 0) is 52.2 Å². The Morgan fingerprint density at radius 3 is 2.33 bits per heavy atom. The monoisotopic (exact) mass is 416 g/mol. The molecule has 0 saturated heterocycles. The van der Waals surface area contributed by atoms with Gasteiger partial charge >= 0.3 is 5.97 Å². The van der Waals surface area contributed by atoms with Crippen LogP contribution >= 0.6 is 0 Å². The summed E-state index contributed by atoms with van der Waals surface area (Å²) in [6.45, 7) is 9.67. The van der Waals surface area contributed by atoms with Crippen molar-refractivity contribution >= 4 is 35.9 Å². The number of rotatable bonds is 8. The van der Waals surface area contributed by atoms with Crippen molar-refractivity contribution in [2.75, 3.05) is 18.5 Å². The van der Waals surface area contributed by atoms with Gasteiger partial charge in [-0.1, -0.05) is 6.92 Å². The normalized spacial score (nSPS) is 10.0. The molecule has 0 radical (unpaired) electrons. The lowest BCUT2D eigenvalue weighted by Gasteiger charge is -2.26. The second-order valence-corrected chi connectivity index (χ2v) is 6.16. The first-order chi connectivity index (χ1) is 14.2. The van der Waals surface area contributed by atoms with Gasteiger partial charge in [0.25, 0.3) is 5.91 Å². The molecule has 0 spiro atoms. The highest BCUT2D eigenvalue weighted by molar-refractivity contribution is 6.12. The molecule has 2 rings (SSSR count). The summed E-state index contributed by atoms with van der Waals surface area (Å²) in [6, 6.07) is 4.12. The Balaban J connectivity index is 0.00000218. The molecule has 10 nitrogen and oxygen atoms in total. The quantitative estimate of drug-likeness (QED) is 0.558. The number of aromatic carboxylic acids is 1. The zero-order chi connectivity index (χ0) is 23.0. The maximum absolute atomic E-state index is 13.3. The number of nitrogens with zero attached hydrogens (tertiary/aromatic N) is 4. The minimum atomic E-state index is -1.31. The number of anilines is 1. The van der Waals surface area contributed by atoms with Gasteiger partial charge in [0, 0.05) is 18.7 Å². The van der Waals surface area contributed by atoms with E-state index in [-0.39, 0.29) is 29.0 Å². The molecule has 1 aromatic heterocycles. The third-order valence-electron chi connectivity index (χ3n) is 4.16. The van der Waals surface area contributed by atoms with Crippen LogP contribution in [0, 0.1) is 6.92 Å². The lowest BCUT2D eigenvalue weighted by atomic mass is 10.0. The predicted molar refractivity (Wildman–Crippen MR) is 116 cm³/mol. The smallest absolute Gasteiger partial charge is 0.337 e. The van der Waals surface area contributed by atoms with Gasteiger partial charge in [0.05, 0.1) is 22.6 Å². The topological polar surface area (TPSA) is 157 Å². The lowest BCUT2D eigenvalue weighted by Crippen LogP contribution is -2.35. The van der Waals surface area contributed by atoms with Crippen molar-refractivity contribution < 1.29 is 19.5 Å². The van der Waals surface area contributed by atoms with Crippen molar-refractivity contribution in [2.24, 2.45) is 16.5 Å². The van der Waals surface area contributed by atoms with E-state index in [1.807, 2.05) is 13.8 Å². The fourth-order valence-corrected chi connectivity index (χ4v) is 2.96. The maximum atomic E-state index is 13.3. The molecule has 0 bridgehead atoms. The molecule has 0 aliphatic rings. The molecule has 0 aliphatic carbocycles. The number of hydrogen-bond donors (Lipinski definition) is 3. The SMILES string of the molecule is C=Nc1cc(C(N)=O)cc(C(=O)O)c1N(CCC)C(=O)c1cc(C)nn1CC.CN. The average Bonchev–Trinajstić information content (AvgIpc) is 3.12. The number of primary amides is 1. The maximum Gasteiger partial charge on any atom is 0.337 e. The number of aliphatic imine (C=N–C) groups is 1. The molecule has 2 amide bonds. The van der Waals surface area contributed by atoms with Gasteiger partial charge in [-0.15, -0.1) is 0 Å². The van der Waals surface area contributed by atoms with E-state index in [1.54, 1.807) is 17.7 Å². The zero-order valence-electron chi connectivity index (χ0n) is 17.7. The van der Waals surface area contributed by atoms with E-state index < -0.39 is 17.8 Å². The van der Waals surface area contributed by atoms with E-state index in [2.05, 4.69) is 22.5 Å². The van der Waals surface area contributed by atoms with Crippen LogP contribution in [0.3, 0.4) is 0 Å². The van der Waals surface area contributed by atoms with E-state index in [1.165, 1.54) is 18.0 Å². The van der Waals surface area contributed by atoms with Gasteiger partial charge in [0.1, 0.15) is 5.69 Å². The van der Waals surface area contributed by atoms with Gasteiger partial charge in [-0.25, -0.2) is 4.79 Å². The molecular formula is C20H28N6O4. The first-order valence-corrected chi connectivity index (χ1v) is 9.36. The number of carboxylic acid groups (broad SMARTS) is 1. The Morgan fingerprint density at radius 1 is 1.23 bits per heavy atom.